The van der Waals surface area contributed by atoms with Gasteiger partial charge in [-0.15, -0.1) is 0 Å². The summed E-state index contributed by atoms with van der Waals surface area (Å²) in [7, 11) is 0. The molecule has 3 nitrogen and oxygen atoms in total. The van der Waals surface area contributed by atoms with Crippen LogP contribution in [0.15, 0.2) is 22.7 Å². The topological polar surface area (TPSA) is 49.3 Å². The fourth-order valence-electron chi connectivity index (χ4n) is 1.16. The van der Waals surface area contributed by atoms with Crippen molar-refractivity contribution in [3.8, 4) is 0 Å². The van der Waals surface area contributed by atoms with Crippen LogP contribution in [0.2, 0.25) is 0 Å². The van der Waals surface area contributed by atoms with Crippen LogP contribution in [0.5, 0.6) is 0 Å². The van der Waals surface area contributed by atoms with Gasteiger partial charge < -0.3 is 10.4 Å². The Morgan fingerprint density at radius 2 is 2.12 bits per heavy atom. The van der Waals surface area contributed by atoms with Crippen LogP contribution in [0, 0.1) is 11.2 Å². The van der Waals surface area contributed by atoms with Crippen LogP contribution >= 0.6 is 15.9 Å². The average molecular weight is 304 g/mol. The predicted octanol–water partition coefficient (Wildman–Crippen LogP) is 2.34. The van der Waals surface area contributed by atoms with Crippen molar-refractivity contribution < 1.29 is 14.3 Å². The molecule has 0 fully saturated rings. The highest BCUT2D eigenvalue weighted by atomic mass is 79.9. The van der Waals surface area contributed by atoms with E-state index in [2.05, 4.69) is 21.2 Å². The van der Waals surface area contributed by atoms with Gasteiger partial charge in [0.15, 0.2) is 0 Å². The minimum absolute atomic E-state index is 0.0277. The highest BCUT2D eigenvalue weighted by molar-refractivity contribution is 9.10. The molecular weight excluding hydrogens is 289 g/mol. The number of halogens is 2. The molecule has 0 aliphatic carbocycles. The molecule has 1 aromatic carbocycles. The molecule has 0 atom stereocenters. The summed E-state index contributed by atoms with van der Waals surface area (Å²) < 4.78 is 13.6. The zero-order chi connectivity index (χ0) is 13.1. The summed E-state index contributed by atoms with van der Waals surface area (Å²) in [4.78, 5) is 11.7. The number of carbonyl (C=O) groups is 1. The lowest BCUT2D eigenvalue weighted by Crippen LogP contribution is -2.36. The molecule has 5 heteroatoms. The SMILES string of the molecule is CC(C)(CO)CNC(=O)c1cc(F)cc(Br)c1. The molecule has 0 spiro atoms. The van der Waals surface area contributed by atoms with E-state index in [1.165, 1.54) is 12.1 Å². The second kappa shape index (κ2) is 5.60. The molecule has 0 aromatic heterocycles. The first-order valence-electron chi connectivity index (χ1n) is 5.19. The fourth-order valence-corrected chi connectivity index (χ4v) is 1.63. The smallest absolute Gasteiger partial charge is 0.251 e. The summed E-state index contributed by atoms with van der Waals surface area (Å²) in [6, 6.07) is 4.00. The number of hydrogen-bond acceptors (Lipinski definition) is 2. The van der Waals surface area contributed by atoms with E-state index in [4.69, 9.17) is 5.11 Å². The molecule has 0 unspecified atom stereocenters. The number of aliphatic hydroxyl groups is 1. The van der Waals surface area contributed by atoms with Crippen LogP contribution in [0.1, 0.15) is 24.2 Å². The lowest BCUT2D eigenvalue weighted by Gasteiger charge is -2.21. The molecule has 1 amide bonds. The number of aliphatic hydroxyl groups excluding tert-OH is 1. The van der Waals surface area contributed by atoms with Crippen LogP contribution in [0.25, 0.3) is 0 Å². The first-order chi connectivity index (χ1) is 7.84. The molecule has 0 aliphatic heterocycles. The number of carbonyl (C=O) groups excluding carboxylic acids is 1. The predicted molar refractivity (Wildman–Crippen MR) is 67.3 cm³/mol. The van der Waals surface area contributed by atoms with Gasteiger partial charge in [-0.1, -0.05) is 29.8 Å². The zero-order valence-electron chi connectivity index (χ0n) is 9.76. The fraction of sp³-hybridized carbons (Fsp3) is 0.417. The third kappa shape index (κ3) is 4.44. The number of nitrogens with one attached hydrogen (secondary N) is 1. The normalized spacial score (nSPS) is 11.4. The van der Waals surface area contributed by atoms with Crippen LogP contribution in [0.4, 0.5) is 4.39 Å². The Bertz CT molecular complexity index is 401. The summed E-state index contributed by atoms with van der Waals surface area (Å²) in [5, 5.41) is 11.7. The first-order valence-corrected chi connectivity index (χ1v) is 5.98. The summed E-state index contributed by atoms with van der Waals surface area (Å²) in [5.74, 6) is -0.822. The Kier molecular flexibility index (Phi) is 4.65. The number of amides is 1. The highest BCUT2D eigenvalue weighted by Gasteiger charge is 2.18. The average Bonchev–Trinajstić information content (AvgIpc) is 2.24. The zero-order valence-corrected chi connectivity index (χ0v) is 11.3. The van der Waals surface area contributed by atoms with Crippen molar-refractivity contribution in [2.24, 2.45) is 5.41 Å². The summed E-state index contributed by atoms with van der Waals surface area (Å²) in [6.45, 7) is 3.96. The first kappa shape index (κ1) is 14.1. The minimum atomic E-state index is -0.467. The molecule has 2 N–H and O–H groups in total. The van der Waals surface area contributed by atoms with Crippen LogP contribution in [0.3, 0.4) is 0 Å². The molecule has 0 saturated heterocycles. The van der Waals surface area contributed by atoms with E-state index in [1.54, 1.807) is 6.07 Å². The van der Waals surface area contributed by atoms with Gasteiger partial charge in [-0.2, -0.15) is 0 Å². The largest absolute Gasteiger partial charge is 0.396 e. The Hall–Kier alpha value is -0.940. The number of hydrogen-bond donors (Lipinski definition) is 2. The molecular formula is C12H15BrFNO2. The third-order valence-corrected chi connectivity index (χ3v) is 2.74. The van der Waals surface area contributed by atoms with E-state index in [0.717, 1.165) is 0 Å². The van der Waals surface area contributed by atoms with Crippen LogP contribution < -0.4 is 5.32 Å². The second-order valence-corrected chi connectivity index (χ2v) is 5.58. The number of rotatable bonds is 4. The van der Waals surface area contributed by atoms with Gasteiger partial charge in [0.2, 0.25) is 0 Å². The molecule has 94 valence electrons. The molecule has 0 radical (unpaired) electrons. The van der Waals surface area contributed by atoms with Gasteiger partial charge in [0.1, 0.15) is 5.82 Å². The molecule has 1 aromatic rings. The third-order valence-electron chi connectivity index (χ3n) is 2.28. The monoisotopic (exact) mass is 303 g/mol. The quantitative estimate of drug-likeness (QED) is 0.897. The van der Waals surface area contributed by atoms with E-state index >= 15 is 0 Å². The molecule has 0 saturated carbocycles. The minimum Gasteiger partial charge on any atom is -0.396 e. The second-order valence-electron chi connectivity index (χ2n) is 4.66. The number of benzene rings is 1. The molecule has 0 aliphatic rings. The maximum absolute atomic E-state index is 13.1. The van der Waals surface area contributed by atoms with Crippen molar-refractivity contribution in [1.82, 2.24) is 5.32 Å². The molecule has 1 rings (SSSR count). The Balaban J connectivity index is 2.70. The van der Waals surface area contributed by atoms with Gasteiger partial charge in [-0.25, -0.2) is 4.39 Å². The van der Waals surface area contributed by atoms with Crippen molar-refractivity contribution in [3.05, 3.63) is 34.1 Å². The molecule has 0 bridgehead atoms. The van der Waals surface area contributed by atoms with Crippen LogP contribution in [-0.2, 0) is 0 Å². The van der Waals surface area contributed by atoms with Gasteiger partial charge in [0, 0.05) is 28.6 Å². The van der Waals surface area contributed by atoms with Gasteiger partial charge in [-0.3, -0.25) is 4.79 Å². The van der Waals surface area contributed by atoms with E-state index in [9.17, 15) is 9.18 Å². The maximum atomic E-state index is 13.1. The lowest BCUT2D eigenvalue weighted by molar-refractivity contribution is 0.0910. The van der Waals surface area contributed by atoms with E-state index in [-0.39, 0.29) is 23.5 Å². The Morgan fingerprint density at radius 3 is 2.65 bits per heavy atom. The molecule has 17 heavy (non-hydrogen) atoms. The van der Waals surface area contributed by atoms with Gasteiger partial charge in [-0.05, 0) is 18.2 Å². The van der Waals surface area contributed by atoms with E-state index < -0.39 is 5.82 Å². The van der Waals surface area contributed by atoms with Gasteiger partial charge in [0.05, 0.1) is 0 Å². The van der Waals surface area contributed by atoms with Gasteiger partial charge >= 0.3 is 0 Å². The van der Waals surface area contributed by atoms with Crippen molar-refractivity contribution >= 4 is 21.8 Å². The van der Waals surface area contributed by atoms with E-state index in [1.807, 2.05) is 13.8 Å². The molecule has 0 heterocycles. The highest BCUT2D eigenvalue weighted by Crippen LogP contribution is 2.16. The summed E-state index contributed by atoms with van der Waals surface area (Å²) >= 11 is 3.13. The Morgan fingerprint density at radius 1 is 1.47 bits per heavy atom. The maximum Gasteiger partial charge on any atom is 0.251 e. The van der Waals surface area contributed by atoms with Crippen LogP contribution in [-0.4, -0.2) is 24.2 Å². The summed E-state index contributed by atoms with van der Waals surface area (Å²) in [6.07, 6.45) is 0. The van der Waals surface area contributed by atoms with Crippen molar-refractivity contribution in [3.63, 3.8) is 0 Å². The standard InChI is InChI=1S/C12H15BrFNO2/c1-12(2,7-16)6-15-11(17)8-3-9(13)5-10(14)4-8/h3-5,16H,6-7H2,1-2H3,(H,15,17). The summed E-state index contributed by atoms with van der Waals surface area (Å²) in [5.41, 5.74) is -0.133. The van der Waals surface area contributed by atoms with Gasteiger partial charge in [0.25, 0.3) is 5.91 Å². The van der Waals surface area contributed by atoms with Crippen molar-refractivity contribution in [1.29, 1.82) is 0 Å². The van der Waals surface area contributed by atoms with Crippen molar-refractivity contribution in [2.75, 3.05) is 13.2 Å². The van der Waals surface area contributed by atoms with Crippen molar-refractivity contribution in [2.45, 2.75) is 13.8 Å². The van der Waals surface area contributed by atoms with E-state index in [0.29, 0.717) is 11.0 Å². The lowest BCUT2D eigenvalue weighted by atomic mass is 9.95. The Labute approximate surface area is 108 Å².